The molecule has 0 saturated carbocycles. The third-order valence-electron chi connectivity index (χ3n) is 5.40. The number of aromatic nitrogens is 3. The van der Waals surface area contributed by atoms with Crippen LogP contribution in [0.25, 0.3) is 10.9 Å². The summed E-state index contributed by atoms with van der Waals surface area (Å²) in [6, 6.07) is 20.2. The molecule has 4 aromatic rings. The van der Waals surface area contributed by atoms with Crippen molar-refractivity contribution in [1.29, 1.82) is 0 Å². The highest BCUT2D eigenvalue weighted by molar-refractivity contribution is 5.92. The molecule has 0 aliphatic rings. The number of benzene rings is 2. The van der Waals surface area contributed by atoms with E-state index in [1.807, 2.05) is 37.4 Å². The van der Waals surface area contributed by atoms with Gasteiger partial charge in [0.15, 0.2) is 0 Å². The van der Waals surface area contributed by atoms with Crippen LogP contribution < -0.4 is 10.1 Å². The monoisotopic (exact) mass is 443 g/mol. The van der Waals surface area contributed by atoms with E-state index in [1.54, 1.807) is 17.8 Å². The van der Waals surface area contributed by atoms with Gasteiger partial charge in [0.05, 0.1) is 17.8 Å². The van der Waals surface area contributed by atoms with E-state index in [2.05, 4.69) is 57.7 Å². The van der Waals surface area contributed by atoms with Gasteiger partial charge in [-0.2, -0.15) is 5.10 Å². The molecule has 170 valence electrons. The number of aryl methyl sites for hydroxylation is 2. The molecule has 0 saturated heterocycles. The van der Waals surface area contributed by atoms with E-state index >= 15 is 0 Å². The summed E-state index contributed by atoms with van der Waals surface area (Å²) in [5.41, 5.74) is 4.78. The summed E-state index contributed by atoms with van der Waals surface area (Å²) in [6.07, 6.45) is 1.84. The van der Waals surface area contributed by atoms with E-state index in [0.29, 0.717) is 18.8 Å². The van der Waals surface area contributed by atoms with Crippen LogP contribution in [0.5, 0.6) is 5.75 Å². The number of nitrogens with zero attached hydrogens (tertiary/aromatic N) is 4. The number of hydrogen-bond donors (Lipinski definition) is 1. The van der Waals surface area contributed by atoms with Gasteiger partial charge in [-0.1, -0.05) is 36.4 Å². The number of carbonyl (C=O) groups excluding carboxylic acids is 1. The number of hydrogen-bond acceptors (Lipinski definition) is 5. The maximum Gasteiger partial charge on any atom is 0.269 e. The Morgan fingerprint density at radius 3 is 2.73 bits per heavy atom. The van der Waals surface area contributed by atoms with Gasteiger partial charge in [-0.25, -0.2) is 0 Å². The van der Waals surface area contributed by atoms with Crippen LogP contribution in [0.3, 0.4) is 0 Å². The van der Waals surface area contributed by atoms with Crippen molar-refractivity contribution in [2.75, 3.05) is 20.2 Å². The Balaban J connectivity index is 1.28. The molecule has 0 aliphatic heterocycles. The Hall–Kier alpha value is -3.71. The molecule has 0 aliphatic carbocycles. The molecule has 33 heavy (non-hydrogen) atoms. The minimum absolute atomic E-state index is 0.153. The Labute approximate surface area is 194 Å². The highest BCUT2D eigenvalue weighted by Crippen LogP contribution is 2.19. The zero-order chi connectivity index (χ0) is 23.2. The molecule has 4 rings (SSSR count). The second-order valence-corrected chi connectivity index (χ2v) is 8.21. The van der Waals surface area contributed by atoms with Crippen molar-refractivity contribution >= 4 is 16.8 Å². The first-order chi connectivity index (χ1) is 16.0. The molecule has 2 aromatic carbocycles. The van der Waals surface area contributed by atoms with E-state index in [9.17, 15) is 4.79 Å². The molecular formula is C26H29N5O2. The van der Waals surface area contributed by atoms with Crippen LogP contribution in [0.1, 0.15) is 27.3 Å². The minimum atomic E-state index is -0.153. The van der Waals surface area contributed by atoms with E-state index in [-0.39, 0.29) is 5.91 Å². The molecule has 0 radical (unpaired) electrons. The fraction of sp³-hybridized carbons (Fsp3) is 0.269. The van der Waals surface area contributed by atoms with E-state index in [0.717, 1.165) is 41.0 Å². The SMILES string of the molecule is Cc1cc(C(=O)NCCOc2cccc(CN(C)Cc3cccc4cccnc34)c2)n(C)n1. The number of nitrogens with one attached hydrogen (secondary N) is 1. The average Bonchev–Trinajstić information content (AvgIpc) is 3.15. The first-order valence-electron chi connectivity index (χ1n) is 11.0. The number of para-hydroxylation sites is 1. The molecule has 0 bridgehead atoms. The number of carbonyl (C=O) groups is 1. The molecule has 2 heterocycles. The van der Waals surface area contributed by atoms with Crippen molar-refractivity contribution in [3.63, 3.8) is 0 Å². The van der Waals surface area contributed by atoms with Crippen molar-refractivity contribution in [2.45, 2.75) is 20.0 Å². The quantitative estimate of drug-likeness (QED) is 0.399. The molecule has 2 aromatic heterocycles. The molecular weight excluding hydrogens is 414 g/mol. The summed E-state index contributed by atoms with van der Waals surface area (Å²) >= 11 is 0. The highest BCUT2D eigenvalue weighted by atomic mass is 16.5. The minimum Gasteiger partial charge on any atom is -0.492 e. The van der Waals surface area contributed by atoms with Gasteiger partial charge in [0, 0.05) is 31.7 Å². The topological polar surface area (TPSA) is 72.3 Å². The lowest BCUT2D eigenvalue weighted by molar-refractivity contribution is 0.0937. The van der Waals surface area contributed by atoms with Crippen LogP contribution in [-0.4, -0.2) is 45.8 Å². The van der Waals surface area contributed by atoms with Crippen LogP contribution in [-0.2, 0) is 20.1 Å². The van der Waals surface area contributed by atoms with Gasteiger partial charge >= 0.3 is 0 Å². The van der Waals surface area contributed by atoms with Crippen molar-refractivity contribution < 1.29 is 9.53 Å². The normalized spacial score (nSPS) is 11.2. The first-order valence-corrected chi connectivity index (χ1v) is 11.0. The summed E-state index contributed by atoms with van der Waals surface area (Å²) in [5.74, 6) is 0.637. The fourth-order valence-corrected chi connectivity index (χ4v) is 3.93. The van der Waals surface area contributed by atoms with Crippen LogP contribution in [0.4, 0.5) is 0 Å². The third-order valence-corrected chi connectivity index (χ3v) is 5.40. The lowest BCUT2D eigenvalue weighted by Gasteiger charge is -2.18. The lowest BCUT2D eigenvalue weighted by Crippen LogP contribution is -2.29. The van der Waals surface area contributed by atoms with Crippen molar-refractivity contribution in [2.24, 2.45) is 7.05 Å². The molecule has 1 N–H and O–H groups in total. The van der Waals surface area contributed by atoms with Crippen LogP contribution in [0.2, 0.25) is 0 Å². The second kappa shape index (κ2) is 10.3. The van der Waals surface area contributed by atoms with Gasteiger partial charge in [0.2, 0.25) is 0 Å². The maximum atomic E-state index is 12.3. The van der Waals surface area contributed by atoms with Crippen LogP contribution >= 0.6 is 0 Å². The smallest absolute Gasteiger partial charge is 0.269 e. The molecule has 1 amide bonds. The predicted molar refractivity (Wildman–Crippen MR) is 129 cm³/mol. The summed E-state index contributed by atoms with van der Waals surface area (Å²) < 4.78 is 7.44. The van der Waals surface area contributed by atoms with Crippen molar-refractivity contribution in [3.05, 3.63) is 89.4 Å². The number of amides is 1. The van der Waals surface area contributed by atoms with Crippen molar-refractivity contribution in [3.8, 4) is 5.75 Å². The van der Waals surface area contributed by atoms with E-state index in [4.69, 9.17) is 4.74 Å². The summed E-state index contributed by atoms with van der Waals surface area (Å²) in [4.78, 5) is 19.1. The van der Waals surface area contributed by atoms with Crippen molar-refractivity contribution in [1.82, 2.24) is 25.0 Å². The molecule has 0 spiro atoms. The van der Waals surface area contributed by atoms with E-state index < -0.39 is 0 Å². The predicted octanol–water partition coefficient (Wildman–Crippen LogP) is 3.72. The Bertz CT molecular complexity index is 1250. The molecule has 0 unspecified atom stereocenters. The largest absolute Gasteiger partial charge is 0.492 e. The molecule has 0 fully saturated rings. The Morgan fingerprint density at radius 2 is 1.91 bits per heavy atom. The second-order valence-electron chi connectivity index (χ2n) is 8.21. The van der Waals surface area contributed by atoms with Gasteiger partial charge < -0.3 is 10.1 Å². The standard InChI is InChI=1S/C26H29N5O2/c1-19-15-24(31(3)29-19)26(32)28-13-14-33-23-11-4-7-20(16-23)17-30(2)18-22-9-5-8-21-10-6-12-27-25(21)22/h4-12,15-16H,13-14,17-18H2,1-3H3,(H,28,32). The summed E-state index contributed by atoms with van der Waals surface area (Å²) in [6.45, 7) is 4.27. The zero-order valence-corrected chi connectivity index (χ0v) is 19.3. The van der Waals surface area contributed by atoms with Gasteiger partial charge in [-0.05, 0) is 49.4 Å². The Morgan fingerprint density at radius 1 is 1.09 bits per heavy atom. The highest BCUT2D eigenvalue weighted by Gasteiger charge is 2.11. The molecule has 0 atom stereocenters. The number of fused-ring (bicyclic) bond motifs is 1. The summed E-state index contributed by atoms with van der Waals surface area (Å²) in [5, 5.41) is 8.23. The van der Waals surface area contributed by atoms with Gasteiger partial charge in [0.25, 0.3) is 5.91 Å². The fourth-order valence-electron chi connectivity index (χ4n) is 3.93. The van der Waals surface area contributed by atoms with Gasteiger partial charge in [-0.3, -0.25) is 19.4 Å². The lowest BCUT2D eigenvalue weighted by atomic mass is 10.1. The van der Waals surface area contributed by atoms with Crippen LogP contribution in [0, 0.1) is 6.92 Å². The molecule has 7 nitrogen and oxygen atoms in total. The first kappa shape index (κ1) is 22.5. The number of rotatable bonds is 9. The average molecular weight is 444 g/mol. The summed E-state index contributed by atoms with van der Waals surface area (Å²) in [7, 11) is 3.86. The number of pyridine rings is 1. The zero-order valence-electron chi connectivity index (χ0n) is 19.3. The number of ether oxygens (including phenoxy) is 1. The van der Waals surface area contributed by atoms with Crippen LogP contribution in [0.15, 0.2) is 66.9 Å². The van der Waals surface area contributed by atoms with Gasteiger partial charge in [-0.15, -0.1) is 0 Å². The Kier molecular flexibility index (Phi) is 7.00. The van der Waals surface area contributed by atoms with Gasteiger partial charge in [0.1, 0.15) is 18.1 Å². The maximum absolute atomic E-state index is 12.3. The third kappa shape index (κ3) is 5.75. The molecule has 7 heteroatoms. The van der Waals surface area contributed by atoms with E-state index in [1.165, 1.54) is 5.56 Å².